The largest absolute Gasteiger partial charge is 0.304 e. The summed E-state index contributed by atoms with van der Waals surface area (Å²) in [6.45, 7) is 2.53. The van der Waals surface area contributed by atoms with Crippen LogP contribution in [0.2, 0.25) is 0 Å². The van der Waals surface area contributed by atoms with E-state index in [-0.39, 0.29) is 0 Å². The maximum Gasteiger partial charge on any atom is 0.259 e. The van der Waals surface area contributed by atoms with Crippen LogP contribution < -0.4 is 5.32 Å². The number of hydrogen-bond donors (Lipinski definition) is 1. The van der Waals surface area contributed by atoms with E-state index in [1.807, 2.05) is 6.92 Å². The molecule has 0 amide bonds. The third-order valence-electron chi connectivity index (χ3n) is 2.04. The van der Waals surface area contributed by atoms with E-state index >= 15 is 0 Å². The van der Waals surface area contributed by atoms with Gasteiger partial charge < -0.3 is 5.32 Å². The van der Waals surface area contributed by atoms with Gasteiger partial charge >= 0.3 is 0 Å². The Balaban J connectivity index is 2.73. The topological polar surface area (TPSA) is 29.9 Å². The summed E-state index contributed by atoms with van der Waals surface area (Å²) in [4.78, 5) is 0. The monoisotopic (exact) mass is 203 g/mol. The third kappa shape index (κ3) is 2.51. The van der Waals surface area contributed by atoms with Gasteiger partial charge in [0.2, 0.25) is 0 Å². The average molecular weight is 203 g/mol. The Kier molecular flexibility index (Phi) is 4.00. The average Bonchev–Trinajstić information content (AvgIpc) is 2.52. The number of hydrogen-bond acceptors (Lipinski definition) is 2. The second-order valence-electron chi connectivity index (χ2n) is 3.15. The van der Waals surface area contributed by atoms with Gasteiger partial charge in [0.15, 0.2) is 0 Å². The molecular weight excluding hydrogens is 188 g/mol. The first-order valence-corrected chi connectivity index (χ1v) is 4.66. The number of nitrogens with one attached hydrogen (secondary N) is 1. The van der Waals surface area contributed by atoms with E-state index < -0.39 is 12.5 Å². The molecule has 1 atom stereocenters. The summed E-state index contributed by atoms with van der Waals surface area (Å²) in [5.41, 5.74) is 0.522. The summed E-state index contributed by atoms with van der Waals surface area (Å²) >= 11 is 0. The van der Waals surface area contributed by atoms with Gasteiger partial charge in [-0.1, -0.05) is 6.92 Å². The standard InChI is InChI=1S/C9H15F2N3/c1-3-5-12-8(9(10)11)7-4-6-13-14(7)2/h4,6,8-9,12H,3,5H2,1-2H3. The van der Waals surface area contributed by atoms with Crippen molar-refractivity contribution in [1.29, 1.82) is 0 Å². The van der Waals surface area contributed by atoms with Crippen LogP contribution in [0.1, 0.15) is 25.1 Å². The number of rotatable bonds is 5. The van der Waals surface area contributed by atoms with E-state index in [0.29, 0.717) is 12.2 Å². The Morgan fingerprint density at radius 3 is 2.71 bits per heavy atom. The van der Waals surface area contributed by atoms with Gasteiger partial charge in [-0.05, 0) is 19.0 Å². The van der Waals surface area contributed by atoms with Crippen molar-refractivity contribution in [1.82, 2.24) is 15.1 Å². The molecule has 1 aromatic rings. The van der Waals surface area contributed by atoms with Crippen molar-refractivity contribution in [3.8, 4) is 0 Å². The van der Waals surface area contributed by atoms with Crippen LogP contribution >= 0.6 is 0 Å². The first-order valence-electron chi connectivity index (χ1n) is 4.66. The number of nitrogens with zero attached hydrogens (tertiary/aromatic N) is 2. The number of halogens is 2. The molecule has 0 aliphatic rings. The van der Waals surface area contributed by atoms with Crippen LogP contribution in [-0.4, -0.2) is 22.8 Å². The summed E-state index contributed by atoms with van der Waals surface area (Å²) in [5.74, 6) is 0. The lowest BCUT2D eigenvalue weighted by Gasteiger charge is -2.17. The Morgan fingerprint density at radius 1 is 1.57 bits per heavy atom. The minimum Gasteiger partial charge on any atom is -0.304 e. The molecule has 0 saturated heterocycles. The van der Waals surface area contributed by atoms with Crippen molar-refractivity contribution in [2.75, 3.05) is 6.54 Å². The van der Waals surface area contributed by atoms with Gasteiger partial charge in [0.1, 0.15) is 6.04 Å². The summed E-state index contributed by atoms with van der Waals surface area (Å²) < 4.78 is 26.8. The molecule has 3 nitrogen and oxygen atoms in total. The summed E-state index contributed by atoms with van der Waals surface area (Å²) in [5, 5.41) is 6.67. The fourth-order valence-corrected chi connectivity index (χ4v) is 1.31. The van der Waals surface area contributed by atoms with Crippen LogP contribution in [0.15, 0.2) is 12.3 Å². The van der Waals surface area contributed by atoms with E-state index in [4.69, 9.17) is 0 Å². The van der Waals surface area contributed by atoms with Crippen LogP contribution in [-0.2, 0) is 7.05 Å². The lowest BCUT2D eigenvalue weighted by molar-refractivity contribution is 0.0948. The number of alkyl halides is 2. The molecule has 0 saturated carbocycles. The van der Waals surface area contributed by atoms with Crippen LogP contribution in [0.3, 0.4) is 0 Å². The maximum atomic E-state index is 12.7. The predicted octanol–water partition coefficient (Wildman–Crippen LogP) is 1.73. The first kappa shape index (κ1) is 11.1. The molecule has 1 heterocycles. The van der Waals surface area contributed by atoms with Crippen molar-refractivity contribution in [2.24, 2.45) is 7.05 Å². The first-order chi connectivity index (χ1) is 6.66. The van der Waals surface area contributed by atoms with Gasteiger partial charge in [0.25, 0.3) is 6.43 Å². The van der Waals surface area contributed by atoms with Crippen molar-refractivity contribution in [2.45, 2.75) is 25.8 Å². The van der Waals surface area contributed by atoms with Gasteiger partial charge in [-0.15, -0.1) is 0 Å². The smallest absolute Gasteiger partial charge is 0.259 e. The van der Waals surface area contributed by atoms with E-state index in [1.54, 1.807) is 13.1 Å². The normalized spacial score (nSPS) is 13.5. The van der Waals surface area contributed by atoms with E-state index in [1.165, 1.54) is 10.9 Å². The molecule has 14 heavy (non-hydrogen) atoms. The summed E-state index contributed by atoms with van der Waals surface area (Å²) in [6, 6.07) is 0.696. The molecule has 0 aliphatic carbocycles. The molecule has 0 fully saturated rings. The van der Waals surface area contributed by atoms with Crippen LogP contribution in [0.4, 0.5) is 8.78 Å². The fourth-order valence-electron chi connectivity index (χ4n) is 1.31. The molecular formula is C9H15F2N3. The highest BCUT2D eigenvalue weighted by Crippen LogP contribution is 2.19. The van der Waals surface area contributed by atoms with Crippen LogP contribution in [0.5, 0.6) is 0 Å². The Hall–Kier alpha value is -0.970. The van der Waals surface area contributed by atoms with Crippen molar-refractivity contribution in [3.63, 3.8) is 0 Å². The summed E-state index contributed by atoms with van der Waals surface area (Å²) in [7, 11) is 1.67. The minimum atomic E-state index is -2.41. The van der Waals surface area contributed by atoms with Crippen molar-refractivity contribution in [3.05, 3.63) is 18.0 Å². The molecule has 0 radical (unpaired) electrons. The highest BCUT2D eigenvalue weighted by atomic mass is 19.3. The Morgan fingerprint density at radius 2 is 2.29 bits per heavy atom. The third-order valence-corrected chi connectivity index (χ3v) is 2.04. The number of aryl methyl sites for hydroxylation is 1. The predicted molar refractivity (Wildman–Crippen MR) is 50.2 cm³/mol. The second kappa shape index (κ2) is 5.05. The van der Waals surface area contributed by atoms with Gasteiger partial charge in [0, 0.05) is 13.2 Å². The zero-order valence-electron chi connectivity index (χ0n) is 8.37. The van der Waals surface area contributed by atoms with E-state index in [2.05, 4.69) is 10.4 Å². The Bertz CT molecular complexity index is 273. The zero-order valence-corrected chi connectivity index (χ0v) is 8.37. The van der Waals surface area contributed by atoms with Gasteiger partial charge in [-0.2, -0.15) is 5.10 Å². The number of aromatic nitrogens is 2. The van der Waals surface area contributed by atoms with Gasteiger partial charge in [-0.25, -0.2) is 8.78 Å². The maximum absolute atomic E-state index is 12.7. The molecule has 1 unspecified atom stereocenters. The Labute approximate surface area is 82.1 Å². The van der Waals surface area contributed by atoms with Crippen LogP contribution in [0, 0.1) is 0 Å². The molecule has 1 N–H and O–H groups in total. The summed E-state index contributed by atoms with van der Waals surface area (Å²) in [6.07, 6.45) is -0.0451. The molecule has 1 rings (SSSR count). The van der Waals surface area contributed by atoms with Gasteiger partial charge in [-0.3, -0.25) is 4.68 Å². The molecule has 1 aromatic heterocycles. The highest BCUT2D eigenvalue weighted by Gasteiger charge is 2.23. The fraction of sp³-hybridized carbons (Fsp3) is 0.667. The van der Waals surface area contributed by atoms with Crippen molar-refractivity contribution < 1.29 is 8.78 Å². The zero-order chi connectivity index (χ0) is 10.6. The molecule has 0 bridgehead atoms. The van der Waals surface area contributed by atoms with E-state index in [0.717, 1.165) is 6.42 Å². The molecule has 80 valence electrons. The van der Waals surface area contributed by atoms with E-state index in [9.17, 15) is 8.78 Å². The molecule has 0 aliphatic heterocycles. The second-order valence-corrected chi connectivity index (χ2v) is 3.15. The quantitative estimate of drug-likeness (QED) is 0.789. The van der Waals surface area contributed by atoms with Gasteiger partial charge in [0.05, 0.1) is 5.69 Å². The highest BCUT2D eigenvalue weighted by molar-refractivity contribution is 5.07. The van der Waals surface area contributed by atoms with Crippen LogP contribution in [0.25, 0.3) is 0 Å². The van der Waals surface area contributed by atoms with Crippen molar-refractivity contribution >= 4 is 0 Å². The molecule has 0 aromatic carbocycles. The molecule has 5 heteroatoms. The minimum absolute atomic E-state index is 0.522. The lowest BCUT2D eigenvalue weighted by atomic mass is 10.2. The SMILES string of the molecule is CCCNC(c1ccnn1C)C(F)F. The lowest BCUT2D eigenvalue weighted by Crippen LogP contribution is -2.29. The molecule has 0 spiro atoms.